The van der Waals surface area contributed by atoms with Gasteiger partial charge in [-0.1, -0.05) is 6.92 Å². The molecule has 1 N–H and O–H groups in total. The van der Waals surface area contributed by atoms with Crippen molar-refractivity contribution in [2.45, 2.75) is 81.8 Å². The summed E-state index contributed by atoms with van der Waals surface area (Å²) in [7, 11) is -3.78. The molecule has 9 heteroatoms. The molecule has 172 valence electrons. The second-order valence-corrected chi connectivity index (χ2v) is 11.3. The van der Waals surface area contributed by atoms with Gasteiger partial charge in [-0.2, -0.15) is 0 Å². The van der Waals surface area contributed by atoms with Crippen molar-refractivity contribution < 1.29 is 31.1 Å². The van der Waals surface area contributed by atoms with E-state index in [1.54, 1.807) is 0 Å². The maximum atomic E-state index is 14.8. The van der Waals surface area contributed by atoms with Gasteiger partial charge >= 0.3 is 0 Å². The van der Waals surface area contributed by atoms with Crippen LogP contribution in [-0.4, -0.2) is 32.1 Å². The molecule has 0 saturated heterocycles. The first-order chi connectivity index (χ1) is 14.5. The van der Waals surface area contributed by atoms with Crippen LogP contribution in [0.2, 0.25) is 0 Å². The molecule has 31 heavy (non-hydrogen) atoms. The van der Waals surface area contributed by atoms with Gasteiger partial charge in [0.2, 0.25) is 15.9 Å². The topological polar surface area (TPSA) is 72.5 Å². The molecule has 0 spiro atoms. The van der Waals surface area contributed by atoms with Crippen LogP contribution in [0.25, 0.3) is 0 Å². The van der Waals surface area contributed by atoms with Gasteiger partial charge in [-0.25, -0.2) is 26.3 Å². The fraction of sp³-hybridized carbons (Fsp3) is 0.682. The Hall–Kier alpha value is -1.77. The van der Waals surface area contributed by atoms with E-state index in [0.29, 0.717) is 43.4 Å². The third-order valence-corrected chi connectivity index (χ3v) is 8.70. The highest BCUT2D eigenvalue weighted by Crippen LogP contribution is 2.48. The number of carbonyl (C=O) groups excluding carboxylic acids is 1. The summed E-state index contributed by atoms with van der Waals surface area (Å²) in [6.07, 6.45) is 3.75. The number of alkyl halides is 2. The van der Waals surface area contributed by atoms with E-state index in [0.717, 1.165) is 18.9 Å². The van der Waals surface area contributed by atoms with E-state index < -0.39 is 32.9 Å². The minimum Gasteiger partial charge on any atom is -0.493 e. The number of nitrogens with one attached hydrogen (secondary N) is 1. The summed E-state index contributed by atoms with van der Waals surface area (Å²) in [5, 5.41) is -0.585. The largest absolute Gasteiger partial charge is 0.493 e. The molecular formula is C22H28F3NO4S. The molecule has 0 aromatic heterocycles. The smallest absolute Gasteiger partial charge is 0.267 e. The van der Waals surface area contributed by atoms with Crippen LogP contribution in [0.4, 0.5) is 13.2 Å². The summed E-state index contributed by atoms with van der Waals surface area (Å²) < 4.78 is 74.0. The maximum Gasteiger partial charge on any atom is 0.267 e. The summed E-state index contributed by atoms with van der Waals surface area (Å²) in [5.41, 5.74) is -0.0309. The second-order valence-electron chi connectivity index (χ2n) is 9.32. The molecule has 3 aliphatic rings. The molecule has 4 rings (SSSR count). The molecule has 1 amide bonds. The minimum absolute atomic E-state index is 0.121. The lowest BCUT2D eigenvalue weighted by atomic mass is 9.71. The van der Waals surface area contributed by atoms with E-state index in [-0.39, 0.29) is 36.3 Å². The first kappa shape index (κ1) is 22.4. The van der Waals surface area contributed by atoms with Crippen LogP contribution in [0.1, 0.15) is 86.6 Å². The van der Waals surface area contributed by atoms with E-state index in [1.807, 2.05) is 11.6 Å². The zero-order valence-corrected chi connectivity index (χ0v) is 18.4. The van der Waals surface area contributed by atoms with Gasteiger partial charge < -0.3 is 4.74 Å². The zero-order valence-electron chi connectivity index (χ0n) is 17.6. The molecular weight excluding hydrogens is 431 g/mol. The van der Waals surface area contributed by atoms with E-state index >= 15 is 0 Å². The predicted molar refractivity (Wildman–Crippen MR) is 109 cm³/mol. The summed E-state index contributed by atoms with van der Waals surface area (Å²) in [5.74, 6) is -4.04. The fourth-order valence-corrected chi connectivity index (χ4v) is 5.50. The lowest BCUT2D eigenvalue weighted by Gasteiger charge is -2.39. The zero-order chi connectivity index (χ0) is 22.4. The number of rotatable bonds is 8. The van der Waals surface area contributed by atoms with E-state index in [1.165, 1.54) is 6.07 Å². The molecule has 0 bridgehead atoms. The monoisotopic (exact) mass is 459 g/mol. The summed E-state index contributed by atoms with van der Waals surface area (Å²) >= 11 is 0. The average Bonchev–Trinajstić information content (AvgIpc) is 3.59. The normalized spacial score (nSPS) is 22.7. The second kappa shape index (κ2) is 7.98. The lowest BCUT2D eigenvalue weighted by Crippen LogP contribution is -2.37. The van der Waals surface area contributed by atoms with Gasteiger partial charge in [0.1, 0.15) is 11.6 Å². The van der Waals surface area contributed by atoms with Crippen molar-refractivity contribution >= 4 is 15.9 Å². The van der Waals surface area contributed by atoms with Crippen molar-refractivity contribution in [2.24, 2.45) is 5.41 Å². The quantitative estimate of drug-likeness (QED) is 0.600. The number of hydrogen-bond acceptors (Lipinski definition) is 4. The van der Waals surface area contributed by atoms with E-state index in [9.17, 15) is 26.4 Å². The van der Waals surface area contributed by atoms with Gasteiger partial charge in [-0.15, -0.1) is 0 Å². The number of ether oxygens (including phenoxy) is 1. The van der Waals surface area contributed by atoms with Crippen molar-refractivity contribution in [2.75, 3.05) is 6.61 Å². The molecule has 3 aliphatic carbocycles. The summed E-state index contributed by atoms with van der Waals surface area (Å²) in [6, 6.07) is 2.51. The predicted octanol–water partition coefficient (Wildman–Crippen LogP) is 4.91. The lowest BCUT2D eigenvalue weighted by molar-refractivity contribution is -0.0767. The summed E-state index contributed by atoms with van der Waals surface area (Å²) in [6.45, 7) is 2.16. The molecule has 1 aromatic carbocycles. The minimum atomic E-state index is -3.78. The Morgan fingerprint density at radius 3 is 2.32 bits per heavy atom. The number of halogens is 3. The Morgan fingerprint density at radius 2 is 1.77 bits per heavy atom. The average molecular weight is 460 g/mol. The number of amides is 1. The van der Waals surface area contributed by atoms with Gasteiger partial charge in [-0.05, 0) is 62.5 Å². The van der Waals surface area contributed by atoms with Crippen molar-refractivity contribution in [3.8, 4) is 5.75 Å². The van der Waals surface area contributed by atoms with Crippen molar-refractivity contribution in [1.82, 2.24) is 4.72 Å². The summed E-state index contributed by atoms with van der Waals surface area (Å²) in [4.78, 5) is 12.4. The van der Waals surface area contributed by atoms with Crippen molar-refractivity contribution in [3.05, 3.63) is 29.1 Å². The van der Waals surface area contributed by atoms with Gasteiger partial charge in [0.15, 0.2) is 0 Å². The Bertz CT molecular complexity index is 961. The van der Waals surface area contributed by atoms with Crippen LogP contribution in [0.5, 0.6) is 5.75 Å². The Labute approximate surface area is 180 Å². The Kier molecular flexibility index (Phi) is 5.77. The molecule has 0 radical (unpaired) electrons. The van der Waals surface area contributed by atoms with E-state index in [4.69, 9.17) is 4.74 Å². The van der Waals surface area contributed by atoms with Crippen LogP contribution in [0, 0.1) is 11.2 Å². The van der Waals surface area contributed by atoms with Gasteiger partial charge in [0.05, 0.1) is 17.4 Å². The molecule has 3 fully saturated rings. The van der Waals surface area contributed by atoms with E-state index in [2.05, 4.69) is 0 Å². The van der Waals surface area contributed by atoms with Crippen molar-refractivity contribution in [3.63, 3.8) is 0 Å². The van der Waals surface area contributed by atoms with Gasteiger partial charge in [0, 0.05) is 24.3 Å². The highest BCUT2D eigenvalue weighted by molar-refractivity contribution is 7.91. The molecule has 0 atom stereocenters. The van der Waals surface area contributed by atoms with Gasteiger partial charge in [-0.3, -0.25) is 4.79 Å². The van der Waals surface area contributed by atoms with Crippen LogP contribution < -0.4 is 9.46 Å². The number of sulfonamides is 1. The number of hydrogen-bond donors (Lipinski definition) is 1. The first-order valence-electron chi connectivity index (χ1n) is 10.9. The van der Waals surface area contributed by atoms with Crippen LogP contribution in [0.15, 0.2) is 12.1 Å². The third-order valence-electron chi connectivity index (χ3n) is 6.89. The maximum absolute atomic E-state index is 14.8. The Morgan fingerprint density at radius 1 is 1.13 bits per heavy atom. The molecule has 3 saturated carbocycles. The van der Waals surface area contributed by atoms with Crippen LogP contribution in [-0.2, 0) is 10.0 Å². The third kappa shape index (κ3) is 5.02. The van der Waals surface area contributed by atoms with Crippen molar-refractivity contribution in [1.29, 1.82) is 0 Å². The molecule has 0 unspecified atom stereocenters. The Balaban J connectivity index is 1.52. The first-order valence-corrected chi connectivity index (χ1v) is 12.5. The highest BCUT2D eigenvalue weighted by Gasteiger charge is 2.43. The number of carbonyl (C=O) groups is 1. The number of benzene rings is 1. The highest BCUT2D eigenvalue weighted by atomic mass is 32.2. The fourth-order valence-electron chi connectivity index (χ4n) is 4.21. The molecule has 0 heterocycles. The van der Waals surface area contributed by atoms with Gasteiger partial charge in [0.25, 0.3) is 5.91 Å². The standard InChI is InChI=1S/C22H28F3NO4S/c1-2-21(7-9-22(24,25)10-8-21)13-30-19-12-18(23)17(11-16(19)14-3-4-14)20(27)26-31(28,29)15-5-6-15/h11-12,14-15H,2-10,13H2,1H3,(H,26,27). The van der Waals surface area contributed by atoms with Crippen LogP contribution >= 0.6 is 0 Å². The molecule has 5 nitrogen and oxygen atoms in total. The van der Waals surface area contributed by atoms with Crippen LogP contribution in [0.3, 0.4) is 0 Å². The SMILES string of the molecule is CCC1(COc2cc(F)c(C(=O)NS(=O)(=O)C3CC3)cc2C2CC2)CCC(F)(F)CC1. The molecule has 1 aromatic rings. The molecule has 0 aliphatic heterocycles.